The summed E-state index contributed by atoms with van der Waals surface area (Å²) in [5.74, 6) is 1.50. The van der Waals surface area contributed by atoms with E-state index in [2.05, 4.69) is 27.8 Å². The molecule has 130 valence electrons. The van der Waals surface area contributed by atoms with E-state index in [1.165, 1.54) is 44.2 Å². The number of H-pyrrole nitrogens is 1. The Bertz CT molecular complexity index is 497. The van der Waals surface area contributed by atoms with Crippen molar-refractivity contribution in [2.45, 2.75) is 70.3 Å². The van der Waals surface area contributed by atoms with E-state index < -0.39 is 0 Å². The molecule has 1 saturated heterocycles. The first-order valence-corrected chi connectivity index (χ1v) is 8.82. The number of nitrogens with one attached hydrogen (secondary N) is 3. The van der Waals surface area contributed by atoms with Crippen LogP contribution < -0.4 is 10.6 Å². The highest BCUT2D eigenvalue weighted by Gasteiger charge is 2.25. The maximum Gasteiger partial charge on any atom is 0.228 e. The molecular formula is C17H29ClN4O. The minimum absolute atomic E-state index is 0. The van der Waals surface area contributed by atoms with E-state index in [1.807, 2.05) is 6.07 Å². The van der Waals surface area contributed by atoms with E-state index in [4.69, 9.17) is 0 Å². The van der Waals surface area contributed by atoms with Gasteiger partial charge in [0.2, 0.25) is 5.91 Å². The van der Waals surface area contributed by atoms with Crippen LogP contribution in [0.1, 0.15) is 69.9 Å². The summed E-state index contributed by atoms with van der Waals surface area (Å²) in [7, 11) is 0. The highest BCUT2D eigenvalue weighted by molar-refractivity contribution is 5.91. The number of hydrogen-bond acceptors (Lipinski definition) is 3. The molecule has 1 aliphatic carbocycles. The fourth-order valence-electron chi connectivity index (χ4n) is 3.80. The van der Waals surface area contributed by atoms with Gasteiger partial charge in [0.25, 0.3) is 0 Å². The van der Waals surface area contributed by atoms with Gasteiger partial charge >= 0.3 is 0 Å². The molecule has 2 fully saturated rings. The molecule has 1 aliphatic heterocycles. The van der Waals surface area contributed by atoms with Gasteiger partial charge in [-0.1, -0.05) is 25.7 Å². The topological polar surface area (TPSA) is 69.8 Å². The van der Waals surface area contributed by atoms with E-state index in [-0.39, 0.29) is 24.2 Å². The van der Waals surface area contributed by atoms with E-state index in [9.17, 15) is 4.79 Å². The van der Waals surface area contributed by atoms with Crippen molar-refractivity contribution < 1.29 is 4.79 Å². The molecule has 0 unspecified atom stereocenters. The molecule has 0 spiro atoms. The van der Waals surface area contributed by atoms with Gasteiger partial charge in [0.1, 0.15) is 0 Å². The van der Waals surface area contributed by atoms with Gasteiger partial charge in [0.15, 0.2) is 5.82 Å². The fraction of sp³-hybridized carbons (Fsp3) is 0.765. The van der Waals surface area contributed by atoms with Crippen molar-refractivity contribution in [1.82, 2.24) is 15.5 Å². The predicted molar refractivity (Wildman–Crippen MR) is 95.1 cm³/mol. The molecule has 1 amide bonds. The molecule has 1 saturated carbocycles. The first-order valence-electron chi connectivity index (χ1n) is 8.82. The number of carbonyl (C=O) groups is 1. The number of rotatable bonds is 3. The molecule has 23 heavy (non-hydrogen) atoms. The third-order valence-electron chi connectivity index (χ3n) is 5.14. The van der Waals surface area contributed by atoms with Crippen LogP contribution in [-0.2, 0) is 4.79 Å². The maximum absolute atomic E-state index is 12.4. The van der Waals surface area contributed by atoms with E-state index in [0.29, 0.717) is 17.8 Å². The Hall–Kier alpha value is -1.07. The van der Waals surface area contributed by atoms with Crippen LogP contribution in [0.2, 0.25) is 0 Å². The summed E-state index contributed by atoms with van der Waals surface area (Å²) >= 11 is 0. The molecule has 2 aliphatic rings. The van der Waals surface area contributed by atoms with Crippen LogP contribution in [0.4, 0.5) is 5.82 Å². The summed E-state index contributed by atoms with van der Waals surface area (Å²) in [6.07, 6.45) is 9.60. The minimum atomic E-state index is 0. The zero-order valence-corrected chi connectivity index (χ0v) is 14.8. The Balaban J connectivity index is 0.00000192. The number of nitrogens with zero attached hydrogens (tertiary/aromatic N) is 1. The third kappa shape index (κ3) is 4.95. The second-order valence-corrected chi connectivity index (χ2v) is 6.96. The smallest absolute Gasteiger partial charge is 0.228 e. The van der Waals surface area contributed by atoms with Crippen molar-refractivity contribution in [2.75, 3.05) is 11.9 Å². The SMILES string of the molecule is C[C@H]1C[C@@H](C(=O)Nc2cc(C3CCCCCC3)[nH]n2)CCN1.Cl. The lowest BCUT2D eigenvalue weighted by Gasteiger charge is -2.26. The summed E-state index contributed by atoms with van der Waals surface area (Å²) in [6, 6.07) is 2.46. The lowest BCUT2D eigenvalue weighted by atomic mass is 9.92. The average Bonchev–Trinajstić information content (AvgIpc) is 2.81. The predicted octanol–water partition coefficient (Wildman–Crippen LogP) is 3.60. The van der Waals surface area contributed by atoms with Crippen molar-refractivity contribution in [3.8, 4) is 0 Å². The van der Waals surface area contributed by atoms with Crippen LogP contribution in [0.5, 0.6) is 0 Å². The van der Waals surface area contributed by atoms with Crippen LogP contribution in [-0.4, -0.2) is 28.7 Å². The lowest BCUT2D eigenvalue weighted by Crippen LogP contribution is -2.40. The Morgan fingerprint density at radius 3 is 2.65 bits per heavy atom. The van der Waals surface area contributed by atoms with Crippen LogP contribution in [0.25, 0.3) is 0 Å². The Labute approximate surface area is 144 Å². The zero-order chi connectivity index (χ0) is 15.4. The average molecular weight is 341 g/mol. The van der Waals surface area contributed by atoms with Gasteiger partial charge in [-0.2, -0.15) is 5.10 Å². The molecule has 6 heteroatoms. The summed E-state index contributed by atoms with van der Waals surface area (Å²) in [4.78, 5) is 12.4. The van der Waals surface area contributed by atoms with Gasteiger partial charge in [-0.3, -0.25) is 9.89 Å². The molecule has 2 atom stereocenters. The van der Waals surface area contributed by atoms with Gasteiger partial charge in [0.05, 0.1) is 0 Å². The largest absolute Gasteiger partial charge is 0.314 e. The molecule has 0 radical (unpaired) electrons. The summed E-state index contributed by atoms with van der Waals surface area (Å²) < 4.78 is 0. The number of halogens is 1. The van der Waals surface area contributed by atoms with Crippen LogP contribution in [0.15, 0.2) is 6.07 Å². The normalized spacial score (nSPS) is 26.1. The Morgan fingerprint density at radius 2 is 1.96 bits per heavy atom. The van der Waals surface area contributed by atoms with Crippen molar-refractivity contribution >= 4 is 24.1 Å². The van der Waals surface area contributed by atoms with Gasteiger partial charge in [-0.25, -0.2) is 0 Å². The number of hydrogen-bond donors (Lipinski definition) is 3. The molecule has 3 rings (SSSR count). The molecule has 3 N–H and O–H groups in total. The second kappa shape index (κ2) is 8.69. The number of anilines is 1. The quantitative estimate of drug-likeness (QED) is 0.736. The summed E-state index contributed by atoms with van der Waals surface area (Å²) in [6.45, 7) is 3.06. The standard InChI is InChI=1S/C17H28N4O.ClH/c1-12-10-14(8-9-18-12)17(22)19-16-11-15(20-21-16)13-6-4-2-3-5-7-13;/h11-14,18H,2-10H2,1H3,(H2,19,20,21,22);1H/t12-,14-;/m0./s1. The van der Waals surface area contributed by atoms with E-state index >= 15 is 0 Å². The number of amides is 1. The first kappa shape index (κ1) is 18.3. The van der Waals surface area contributed by atoms with Crippen LogP contribution in [0, 0.1) is 5.92 Å². The van der Waals surface area contributed by atoms with Gasteiger partial charge in [-0.05, 0) is 39.2 Å². The second-order valence-electron chi connectivity index (χ2n) is 6.96. The highest BCUT2D eigenvalue weighted by atomic mass is 35.5. The number of carbonyl (C=O) groups excluding carboxylic acids is 1. The van der Waals surface area contributed by atoms with Crippen molar-refractivity contribution in [1.29, 1.82) is 0 Å². The van der Waals surface area contributed by atoms with Crippen molar-refractivity contribution in [3.05, 3.63) is 11.8 Å². The van der Waals surface area contributed by atoms with Crippen LogP contribution >= 0.6 is 12.4 Å². The fourth-order valence-corrected chi connectivity index (χ4v) is 3.80. The number of aromatic amines is 1. The molecular weight excluding hydrogens is 312 g/mol. The molecule has 5 nitrogen and oxygen atoms in total. The first-order chi connectivity index (χ1) is 10.7. The maximum atomic E-state index is 12.4. The van der Waals surface area contributed by atoms with Crippen LogP contribution in [0.3, 0.4) is 0 Å². The number of aromatic nitrogens is 2. The monoisotopic (exact) mass is 340 g/mol. The van der Waals surface area contributed by atoms with Crippen molar-refractivity contribution in [3.63, 3.8) is 0 Å². The molecule has 0 aromatic carbocycles. The molecule has 1 aromatic rings. The van der Waals surface area contributed by atoms with E-state index in [0.717, 1.165) is 19.4 Å². The van der Waals surface area contributed by atoms with Gasteiger partial charge in [-0.15, -0.1) is 12.4 Å². The molecule has 2 heterocycles. The minimum Gasteiger partial charge on any atom is -0.314 e. The summed E-state index contributed by atoms with van der Waals surface area (Å²) in [5.41, 5.74) is 1.19. The highest BCUT2D eigenvalue weighted by Crippen LogP contribution is 2.31. The van der Waals surface area contributed by atoms with Gasteiger partial charge < -0.3 is 10.6 Å². The number of piperidine rings is 1. The van der Waals surface area contributed by atoms with Gasteiger partial charge in [0, 0.05) is 29.6 Å². The Kier molecular flexibility index (Phi) is 6.90. The molecule has 1 aromatic heterocycles. The van der Waals surface area contributed by atoms with E-state index in [1.54, 1.807) is 0 Å². The lowest BCUT2D eigenvalue weighted by molar-refractivity contribution is -0.120. The molecule has 0 bridgehead atoms. The third-order valence-corrected chi connectivity index (χ3v) is 5.14. The summed E-state index contributed by atoms with van der Waals surface area (Å²) in [5, 5.41) is 13.8. The zero-order valence-electron chi connectivity index (χ0n) is 13.9. The van der Waals surface area contributed by atoms with Crippen molar-refractivity contribution in [2.24, 2.45) is 5.92 Å². The Morgan fingerprint density at radius 1 is 1.22 bits per heavy atom.